The predicted octanol–water partition coefficient (Wildman–Crippen LogP) is 0.778. The summed E-state index contributed by atoms with van der Waals surface area (Å²) in [6, 6.07) is 11.8. The molecule has 1 aromatic carbocycles. The minimum atomic E-state index is -0.945. The number of hydrogen-bond acceptors (Lipinski definition) is 4. The highest BCUT2D eigenvalue weighted by Gasteiger charge is 2.39. The number of ether oxygens (including phenoxy) is 1. The van der Waals surface area contributed by atoms with Gasteiger partial charge in [0.1, 0.15) is 0 Å². The molecule has 84 valence electrons. The lowest BCUT2D eigenvalue weighted by Gasteiger charge is -2.42. The summed E-state index contributed by atoms with van der Waals surface area (Å²) in [6.07, 6.45) is 0. The third kappa shape index (κ3) is 1.75. The van der Waals surface area contributed by atoms with Gasteiger partial charge in [0.15, 0.2) is 5.54 Å². The lowest BCUT2D eigenvalue weighted by molar-refractivity contribution is 0.0456. The van der Waals surface area contributed by atoms with Gasteiger partial charge in [0.05, 0.1) is 25.9 Å². The summed E-state index contributed by atoms with van der Waals surface area (Å²) < 4.78 is 5.29. The van der Waals surface area contributed by atoms with E-state index in [9.17, 15) is 10.4 Å². The highest BCUT2D eigenvalue weighted by atomic mass is 16.5. The summed E-state index contributed by atoms with van der Waals surface area (Å²) in [6.45, 7) is 1.23. The van der Waals surface area contributed by atoms with Gasteiger partial charge in [-0.15, -0.1) is 0 Å². The topological polar surface area (TPSA) is 56.5 Å². The Hall–Kier alpha value is -1.57. The fraction of sp³-hybridized carbons (Fsp3) is 0.417. The average Bonchev–Trinajstić information content (AvgIpc) is 2.39. The van der Waals surface area contributed by atoms with Gasteiger partial charge in [-0.1, -0.05) is 18.2 Å². The summed E-state index contributed by atoms with van der Waals surface area (Å²) >= 11 is 0. The molecule has 0 saturated carbocycles. The summed E-state index contributed by atoms with van der Waals surface area (Å²) in [5.74, 6) is 0. The Kier molecular flexibility index (Phi) is 3.09. The Morgan fingerprint density at radius 1 is 1.44 bits per heavy atom. The molecule has 4 heteroatoms. The molecule has 1 N–H and O–H groups in total. The fourth-order valence-electron chi connectivity index (χ4n) is 1.93. The van der Waals surface area contributed by atoms with Crippen LogP contribution >= 0.6 is 0 Å². The molecule has 0 spiro atoms. The number of aliphatic hydroxyl groups is 1. The van der Waals surface area contributed by atoms with E-state index >= 15 is 0 Å². The number of benzene rings is 1. The number of rotatable bonds is 2. The molecule has 16 heavy (non-hydrogen) atoms. The fourth-order valence-corrected chi connectivity index (χ4v) is 1.93. The number of anilines is 1. The van der Waals surface area contributed by atoms with Crippen LogP contribution in [0, 0.1) is 11.3 Å². The maximum absolute atomic E-state index is 9.43. The molecule has 1 saturated heterocycles. The van der Waals surface area contributed by atoms with E-state index in [1.165, 1.54) is 0 Å². The summed E-state index contributed by atoms with van der Waals surface area (Å²) in [4.78, 5) is 1.91. The number of para-hydroxylation sites is 1. The van der Waals surface area contributed by atoms with Crippen molar-refractivity contribution in [3.05, 3.63) is 30.3 Å². The SMILES string of the molecule is N#C[C@]1(CO)COCCN1c1ccccc1. The monoisotopic (exact) mass is 218 g/mol. The third-order valence-electron chi connectivity index (χ3n) is 2.85. The van der Waals surface area contributed by atoms with Gasteiger partial charge >= 0.3 is 0 Å². The van der Waals surface area contributed by atoms with Gasteiger partial charge < -0.3 is 14.7 Å². The van der Waals surface area contributed by atoms with E-state index in [2.05, 4.69) is 6.07 Å². The third-order valence-corrected chi connectivity index (χ3v) is 2.85. The van der Waals surface area contributed by atoms with Gasteiger partial charge in [0.25, 0.3) is 0 Å². The summed E-state index contributed by atoms with van der Waals surface area (Å²) in [5, 5.41) is 18.7. The second-order valence-corrected chi connectivity index (χ2v) is 3.84. The zero-order valence-electron chi connectivity index (χ0n) is 8.97. The van der Waals surface area contributed by atoms with E-state index in [0.717, 1.165) is 5.69 Å². The molecule has 4 nitrogen and oxygen atoms in total. The Bertz CT molecular complexity index is 388. The standard InChI is InChI=1S/C12H14N2O2/c13-8-12(9-15)10-16-7-6-14(12)11-4-2-1-3-5-11/h1-5,15H,6-7,9-10H2/t12-/m0/s1. The Morgan fingerprint density at radius 3 is 2.81 bits per heavy atom. The molecular weight excluding hydrogens is 204 g/mol. The largest absolute Gasteiger partial charge is 0.393 e. The van der Waals surface area contributed by atoms with Crippen LogP contribution in [-0.4, -0.2) is 37.0 Å². The van der Waals surface area contributed by atoms with Crippen LogP contribution in [0.1, 0.15) is 0 Å². The zero-order valence-corrected chi connectivity index (χ0v) is 8.97. The van der Waals surface area contributed by atoms with E-state index in [1.54, 1.807) is 0 Å². The molecule has 1 aromatic rings. The molecular formula is C12H14N2O2. The number of aliphatic hydroxyl groups excluding tert-OH is 1. The van der Waals surface area contributed by atoms with Crippen LogP contribution in [0.4, 0.5) is 5.69 Å². The van der Waals surface area contributed by atoms with Crippen molar-refractivity contribution in [3.8, 4) is 6.07 Å². The molecule has 2 rings (SSSR count). The van der Waals surface area contributed by atoms with Crippen LogP contribution in [-0.2, 0) is 4.74 Å². The first kappa shape index (κ1) is 10.9. The van der Waals surface area contributed by atoms with Crippen molar-refractivity contribution in [1.82, 2.24) is 0 Å². The first-order valence-corrected chi connectivity index (χ1v) is 5.25. The molecule has 1 heterocycles. The number of nitriles is 1. The van der Waals surface area contributed by atoms with E-state index in [4.69, 9.17) is 4.74 Å². The number of hydrogen-bond donors (Lipinski definition) is 1. The van der Waals surface area contributed by atoms with Crippen molar-refractivity contribution < 1.29 is 9.84 Å². The number of nitrogens with zero attached hydrogens (tertiary/aromatic N) is 2. The second kappa shape index (κ2) is 4.52. The molecule has 1 aliphatic rings. The van der Waals surface area contributed by atoms with Crippen LogP contribution in [0.5, 0.6) is 0 Å². The molecule has 0 radical (unpaired) electrons. The molecule has 0 amide bonds. The van der Waals surface area contributed by atoms with Crippen LogP contribution in [0.3, 0.4) is 0 Å². The average molecular weight is 218 g/mol. The summed E-state index contributed by atoms with van der Waals surface area (Å²) in [7, 11) is 0. The molecule has 1 fully saturated rings. The van der Waals surface area contributed by atoms with Crippen molar-refractivity contribution in [2.45, 2.75) is 5.54 Å². The maximum atomic E-state index is 9.43. The minimum absolute atomic E-state index is 0.224. The van der Waals surface area contributed by atoms with Crippen LogP contribution in [0.25, 0.3) is 0 Å². The maximum Gasteiger partial charge on any atom is 0.174 e. The second-order valence-electron chi connectivity index (χ2n) is 3.84. The quantitative estimate of drug-likeness (QED) is 0.797. The number of morpholine rings is 1. The van der Waals surface area contributed by atoms with Crippen LogP contribution < -0.4 is 4.90 Å². The molecule has 0 aromatic heterocycles. The summed E-state index contributed by atoms with van der Waals surface area (Å²) in [5.41, 5.74) is 0.000903. The van der Waals surface area contributed by atoms with Crippen molar-refractivity contribution in [2.75, 3.05) is 31.3 Å². The van der Waals surface area contributed by atoms with E-state index in [1.807, 2.05) is 35.2 Å². The van der Waals surface area contributed by atoms with Crippen LogP contribution in [0.15, 0.2) is 30.3 Å². The van der Waals surface area contributed by atoms with Crippen LogP contribution in [0.2, 0.25) is 0 Å². The lowest BCUT2D eigenvalue weighted by Crippen LogP contribution is -2.58. The van der Waals surface area contributed by atoms with E-state index in [-0.39, 0.29) is 13.2 Å². The van der Waals surface area contributed by atoms with Gasteiger partial charge in [0, 0.05) is 12.2 Å². The molecule has 1 atom stereocenters. The van der Waals surface area contributed by atoms with Crippen molar-refractivity contribution >= 4 is 5.69 Å². The van der Waals surface area contributed by atoms with Crippen molar-refractivity contribution in [3.63, 3.8) is 0 Å². The highest BCUT2D eigenvalue weighted by Crippen LogP contribution is 2.26. The van der Waals surface area contributed by atoms with Crippen molar-refractivity contribution in [2.24, 2.45) is 0 Å². The normalized spacial score (nSPS) is 25.1. The minimum Gasteiger partial charge on any atom is -0.393 e. The molecule has 0 unspecified atom stereocenters. The lowest BCUT2D eigenvalue weighted by atomic mass is 9.99. The Morgan fingerprint density at radius 2 is 2.19 bits per heavy atom. The molecule has 0 bridgehead atoms. The predicted molar refractivity (Wildman–Crippen MR) is 60.0 cm³/mol. The first-order chi connectivity index (χ1) is 7.82. The smallest absolute Gasteiger partial charge is 0.174 e. The Balaban J connectivity index is 2.34. The van der Waals surface area contributed by atoms with Gasteiger partial charge in [0.2, 0.25) is 0 Å². The molecule has 0 aliphatic carbocycles. The van der Waals surface area contributed by atoms with Gasteiger partial charge in [-0.05, 0) is 12.1 Å². The zero-order chi connectivity index (χ0) is 11.4. The van der Waals surface area contributed by atoms with Crippen molar-refractivity contribution in [1.29, 1.82) is 5.26 Å². The Labute approximate surface area is 94.7 Å². The van der Waals surface area contributed by atoms with Gasteiger partial charge in [-0.3, -0.25) is 0 Å². The van der Waals surface area contributed by atoms with Gasteiger partial charge in [-0.2, -0.15) is 5.26 Å². The first-order valence-electron chi connectivity index (χ1n) is 5.25. The molecule has 1 aliphatic heterocycles. The van der Waals surface area contributed by atoms with Gasteiger partial charge in [-0.25, -0.2) is 0 Å². The van der Waals surface area contributed by atoms with E-state index in [0.29, 0.717) is 13.2 Å². The van der Waals surface area contributed by atoms with E-state index < -0.39 is 5.54 Å². The highest BCUT2D eigenvalue weighted by molar-refractivity contribution is 5.52.